The number of aromatic nitrogens is 1. The van der Waals surface area contributed by atoms with Crippen LogP contribution in [0.3, 0.4) is 0 Å². The number of pyridine rings is 1. The Morgan fingerprint density at radius 2 is 2.08 bits per heavy atom. The lowest BCUT2D eigenvalue weighted by atomic mass is 9.68. The van der Waals surface area contributed by atoms with Crippen LogP contribution < -0.4 is 10.1 Å². The van der Waals surface area contributed by atoms with Crippen LogP contribution in [-0.2, 0) is 6.54 Å². The summed E-state index contributed by atoms with van der Waals surface area (Å²) in [6, 6.07) is 4.10. The van der Waals surface area contributed by atoms with Gasteiger partial charge in [-0.05, 0) is 55.9 Å². The minimum absolute atomic E-state index is 0. The maximum atomic E-state index is 5.94. The molecule has 2 heterocycles. The number of halogens is 1. The fourth-order valence-corrected chi connectivity index (χ4v) is 4.48. The first-order valence-electron chi connectivity index (χ1n) is 9.84. The zero-order valence-corrected chi connectivity index (χ0v) is 18.1. The molecule has 0 unspecified atom stereocenters. The Hall–Kier alpha value is -1.05. The minimum atomic E-state index is 0. The fraction of sp³-hybridized carbons (Fsp3) is 0.700. The second-order valence-electron chi connectivity index (χ2n) is 7.95. The Morgan fingerprint density at radius 3 is 2.65 bits per heavy atom. The van der Waals surface area contributed by atoms with Crippen LogP contribution in [0, 0.1) is 5.41 Å². The third-order valence-electron chi connectivity index (χ3n) is 6.20. The average Bonchev–Trinajstić information content (AvgIpc) is 3.26. The lowest BCUT2D eigenvalue weighted by Gasteiger charge is -2.38. The first-order valence-corrected chi connectivity index (χ1v) is 9.84. The van der Waals surface area contributed by atoms with E-state index in [0.29, 0.717) is 11.5 Å². The van der Waals surface area contributed by atoms with Crippen molar-refractivity contribution in [1.82, 2.24) is 15.2 Å². The average molecular weight is 470 g/mol. The molecule has 0 aromatic carbocycles. The number of nitrogens with one attached hydrogen (secondary N) is 1. The Bertz CT molecular complexity index is 609. The van der Waals surface area contributed by atoms with Crippen LogP contribution in [0.4, 0.5) is 0 Å². The molecule has 1 aromatic rings. The number of guanidine groups is 1. The van der Waals surface area contributed by atoms with E-state index in [1.54, 1.807) is 0 Å². The van der Waals surface area contributed by atoms with Crippen LogP contribution in [0.15, 0.2) is 23.3 Å². The summed E-state index contributed by atoms with van der Waals surface area (Å²) in [4.78, 5) is 11.4. The van der Waals surface area contributed by atoms with Crippen molar-refractivity contribution in [2.24, 2.45) is 10.4 Å². The van der Waals surface area contributed by atoms with E-state index in [0.717, 1.165) is 30.5 Å². The maximum absolute atomic E-state index is 5.94. The summed E-state index contributed by atoms with van der Waals surface area (Å²) in [5.74, 6) is 1.78. The number of nitrogens with zero attached hydrogens (tertiary/aromatic N) is 3. The van der Waals surface area contributed by atoms with Crippen molar-refractivity contribution in [2.45, 2.75) is 64.0 Å². The summed E-state index contributed by atoms with van der Waals surface area (Å²) >= 11 is 0. The molecule has 0 atom stereocenters. The van der Waals surface area contributed by atoms with Gasteiger partial charge in [0.2, 0.25) is 5.88 Å². The smallest absolute Gasteiger partial charge is 0.213 e. The summed E-state index contributed by atoms with van der Waals surface area (Å²) in [5, 5.41) is 3.50. The van der Waals surface area contributed by atoms with E-state index in [-0.39, 0.29) is 24.0 Å². The molecular weight excluding hydrogens is 439 g/mol. The van der Waals surface area contributed by atoms with Crippen molar-refractivity contribution < 1.29 is 4.74 Å². The summed E-state index contributed by atoms with van der Waals surface area (Å²) < 4.78 is 5.94. The van der Waals surface area contributed by atoms with Crippen molar-refractivity contribution in [3.63, 3.8) is 0 Å². The van der Waals surface area contributed by atoms with Crippen LogP contribution in [0.25, 0.3) is 0 Å². The second-order valence-corrected chi connectivity index (χ2v) is 7.95. The Balaban J connectivity index is 0.00000196. The molecule has 0 radical (unpaired) electrons. The van der Waals surface area contributed by atoms with Gasteiger partial charge in [-0.1, -0.05) is 12.5 Å². The van der Waals surface area contributed by atoms with E-state index in [2.05, 4.69) is 26.3 Å². The Kier molecular flexibility index (Phi) is 6.64. The maximum Gasteiger partial charge on any atom is 0.213 e. The highest BCUT2D eigenvalue weighted by Gasteiger charge is 2.43. The summed E-state index contributed by atoms with van der Waals surface area (Å²) in [7, 11) is 1.88. The fourth-order valence-electron chi connectivity index (χ4n) is 4.48. The van der Waals surface area contributed by atoms with Crippen LogP contribution >= 0.6 is 24.0 Å². The molecule has 5 nitrogen and oxygen atoms in total. The molecule has 26 heavy (non-hydrogen) atoms. The largest absolute Gasteiger partial charge is 0.474 e. The lowest BCUT2D eigenvalue weighted by molar-refractivity contribution is 0.151. The Morgan fingerprint density at radius 1 is 1.27 bits per heavy atom. The van der Waals surface area contributed by atoms with E-state index in [4.69, 9.17) is 4.74 Å². The molecule has 0 bridgehead atoms. The molecule has 3 fully saturated rings. The lowest BCUT2D eigenvalue weighted by Crippen LogP contribution is -2.42. The van der Waals surface area contributed by atoms with Crippen molar-refractivity contribution in [1.29, 1.82) is 0 Å². The van der Waals surface area contributed by atoms with Gasteiger partial charge in [-0.3, -0.25) is 4.99 Å². The number of hydrogen-bond acceptors (Lipinski definition) is 3. The second kappa shape index (κ2) is 8.76. The van der Waals surface area contributed by atoms with Crippen molar-refractivity contribution in [3.05, 3.63) is 23.9 Å². The summed E-state index contributed by atoms with van der Waals surface area (Å²) in [5.41, 5.74) is 1.76. The van der Waals surface area contributed by atoms with Gasteiger partial charge in [0.25, 0.3) is 0 Å². The molecule has 2 aliphatic carbocycles. The van der Waals surface area contributed by atoms with Crippen molar-refractivity contribution in [3.8, 4) is 5.88 Å². The standard InChI is InChI=1S/C20H30N4O.HI/c1-21-19(24-12-11-20(15-24)9-4-10-20)23-14-16-7-8-18(22-13-16)25-17-5-2-3-6-17;/h7-8,13,17H,2-6,9-12,14-15H2,1H3,(H,21,23);1H. The zero-order valence-electron chi connectivity index (χ0n) is 15.7. The summed E-state index contributed by atoms with van der Waals surface area (Å²) in [6.07, 6.45) is 12.7. The molecule has 6 heteroatoms. The molecule has 1 saturated heterocycles. The highest BCUT2D eigenvalue weighted by atomic mass is 127. The highest BCUT2D eigenvalue weighted by molar-refractivity contribution is 14.0. The van der Waals surface area contributed by atoms with Gasteiger partial charge in [0.05, 0.1) is 0 Å². The predicted octanol–water partition coefficient (Wildman–Crippen LogP) is 3.97. The highest BCUT2D eigenvalue weighted by Crippen LogP contribution is 2.47. The normalized spacial score (nSPS) is 22.2. The molecule has 4 rings (SSSR count). The van der Waals surface area contributed by atoms with E-state index >= 15 is 0 Å². The first kappa shape index (κ1) is 19.7. The van der Waals surface area contributed by atoms with Gasteiger partial charge in [-0.15, -0.1) is 24.0 Å². The zero-order chi connectivity index (χ0) is 17.1. The van der Waals surface area contributed by atoms with Crippen LogP contribution in [0.5, 0.6) is 5.88 Å². The van der Waals surface area contributed by atoms with E-state index in [1.807, 2.05) is 19.3 Å². The molecule has 3 aliphatic rings. The van der Waals surface area contributed by atoms with Crippen LogP contribution in [0.1, 0.15) is 56.9 Å². The predicted molar refractivity (Wildman–Crippen MR) is 115 cm³/mol. The third-order valence-corrected chi connectivity index (χ3v) is 6.20. The number of hydrogen-bond donors (Lipinski definition) is 1. The molecule has 1 spiro atoms. The molecular formula is C20H31IN4O. The number of likely N-dealkylation sites (tertiary alicyclic amines) is 1. The van der Waals surface area contributed by atoms with E-state index in [9.17, 15) is 0 Å². The van der Waals surface area contributed by atoms with E-state index < -0.39 is 0 Å². The van der Waals surface area contributed by atoms with Gasteiger partial charge in [-0.25, -0.2) is 4.98 Å². The molecule has 0 amide bonds. The number of ether oxygens (including phenoxy) is 1. The first-order chi connectivity index (χ1) is 12.3. The van der Waals surface area contributed by atoms with Gasteiger partial charge in [0.1, 0.15) is 6.10 Å². The van der Waals surface area contributed by atoms with Gasteiger partial charge < -0.3 is 15.0 Å². The van der Waals surface area contributed by atoms with Crippen LogP contribution in [-0.4, -0.2) is 42.1 Å². The summed E-state index contributed by atoms with van der Waals surface area (Å²) in [6.45, 7) is 3.05. The van der Waals surface area contributed by atoms with Crippen LogP contribution in [0.2, 0.25) is 0 Å². The molecule has 2 saturated carbocycles. The quantitative estimate of drug-likeness (QED) is 0.411. The molecule has 144 valence electrons. The Labute approximate surface area is 174 Å². The van der Waals surface area contributed by atoms with Crippen molar-refractivity contribution >= 4 is 29.9 Å². The third kappa shape index (κ3) is 4.43. The number of rotatable bonds is 4. The molecule has 1 aromatic heterocycles. The van der Waals surface area contributed by atoms with Gasteiger partial charge in [0.15, 0.2) is 5.96 Å². The topological polar surface area (TPSA) is 49.8 Å². The minimum Gasteiger partial charge on any atom is -0.474 e. The van der Waals surface area contributed by atoms with Gasteiger partial charge in [-0.2, -0.15) is 0 Å². The van der Waals surface area contributed by atoms with Gasteiger partial charge >= 0.3 is 0 Å². The monoisotopic (exact) mass is 470 g/mol. The van der Waals surface area contributed by atoms with E-state index in [1.165, 1.54) is 57.9 Å². The van der Waals surface area contributed by atoms with Crippen molar-refractivity contribution in [2.75, 3.05) is 20.1 Å². The SMILES string of the molecule is CN=C(NCc1ccc(OC2CCCC2)nc1)N1CCC2(CCC2)C1.I. The molecule has 1 N–H and O–H groups in total. The molecule has 1 aliphatic heterocycles. The van der Waals surface area contributed by atoms with Gasteiger partial charge in [0, 0.05) is 38.9 Å². The number of aliphatic imine (C=N–C) groups is 1.